The number of benzene rings is 3. The van der Waals surface area contributed by atoms with Gasteiger partial charge in [-0.3, -0.25) is 4.79 Å². The monoisotopic (exact) mass is 473 g/mol. The minimum absolute atomic E-state index is 0.0588. The number of aliphatic hydroxyl groups excluding tert-OH is 1. The van der Waals surface area contributed by atoms with E-state index >= 15 is 0 Å². The lowest BCUT2D eigenvalue weighted by atomic mass is 10.0. The molecule has 34 heavy (non-hydrogen) atoms. The van der Waals surface area contributed by atoms with E-state index in [1.807, 2.05) is 60.7 Å². The van der Waals surface area contributed by atoms with Gasteiger partial charge in [0, 0.05) is 16.0 Å². The van der Waals surface area contributed by atoms with Crippen molar-refractivity contribution in [2.45, 2.75) is 12.8 Å². The van der Waals surface area contributed by atoms with Crippen LogP contribution in [0.25, 0.3) is 22.6 Å². The van der Waals surface area contributed by atoms with Gasteiger partial charge in [-0.25, -0.2) is 4.98 Å². The minimum atomic E-state index is -1.14. The van der Waals surface area contributed by atoms with Gasteiger partial charge in [-0.2, -0.15) is 0 Å². The molecule has 0 spiro atoms. The summed E-state index contributed by atoms with van der Waals surface area (Å²) in [6, 6.07) is 26.3. The Morgan fingerprint density at radius 1 is 1.03 bits per heavy atom. The highest BCUT2D eigenvalue weighted by atomic mass is 35.5. The third-order valence-electron chi connectivity index (χ3n) is 5.11. The quantitative estimate of drug-likeness (QED) is 0.200. The molecule has 4 aromatic rings. The van der Waals surface area contributed by atoms with Crippen molar-refractivity contribution in [1.29, 1.82) is 0 Å². The molecular formula is C27H24ClN3O3. The zero-order valence-corrected chi connectivity index (χ0v) is 19.1. The number of nitrogens with one attached hydrogen (secondary N) is 1. The Balaban J connectivity index is 1.51. The van der Waals surface area contributed by atoms with E-state index in [2.05, 4.69) is 10.3 Å². The normalized spacial score (nSPS) is 12.4. The van der Waals surface area contributed by atoms with Crippen molar-refractivity contribution in [2.24, 2.45) is 5.73 Å². The minimum Gasteiger partial charge on any atom is -0.487 e. The van der Waals surface area contributed by atoms with Gasteiger partial charge in [-0.15, -0.1) is 0 Å². The number of fused-ring (bicyclic) bond motifs is 1. The van der Waals surface area contributed by atoms with E-state index in [9.17, 15) is 9.90 Å². The Morgan fingerprint density at radius 2 is 1.76 bits per heavy atom. The fraction of sp³-hybridized carbons (Fsp3) is 0.111. The van der Waals surface area contributed by atoms with Crippen LogP contribution in [-0.4, -0.2) is 28.8 Å². The third-order valence-corrected chi connectivity index (χ3v) is 5.36. The number of amides is 1. The van der Waals surface area contributed by atoms with E-state index in [4.69, 9.17) is 22.1 Å². The van der Waals surface area contributed by atoms with Crippen LogP contribution in [0, 0.1) is 0 Å². The Bertz CT molecular complexity index is 1300. The van der Waals surface area contributed by atoms with Gasteiger partial charge in [0.2, 0.25) is 0 Å². The highest BCUT2D eigenvalue weighted by Gasteiger charge is 2.13. The number of aliphatic hydroxyl groups is 1. The first-order valence-electron chi connectivity index (χ1n) is 10.7. The fourth-order valence-corrected chi connectivity index (χ4v) is 3.50. The summed E-state index contributed by atoms with van der Waals surface area (Å²) in [7, 11) is 0. The number of hydrogen-bond acceptors (Lipinski definition) is 5. The summed E-state index contributed by atoms with van der Waals surface area (Å²) in [4.78, 5) is 17.4. The molecule has 3 aromatic carbocycles. The average molecular weight is 474 g/mol. The van der Waals surface area contributed by atoms with Gasteiger partial charge in [0.05, 0.1) is 17.8 Å². The summed E-state index contributed by atoms with van der Waals surface area (Å²) < 4.78 is 5.90. The average Bonchev–Trinajstić information content (AvgIpc) is 2.86. The number of nitrogens with two attached hydrogens (primary N) is 1. The SMILES string of the molecule is NC(O)CNC(=O)C(=Cc1ccc(Cl)cc1)c1ccc(OCc2ccc3ccccc3n2)cc1. The topological polar surface area (TPSA) is 97.5 Å². The van der Waals surface area contributed by atoms with E-state index in [1.165, 1.54) is 0 Å². The summed E-state index contributed by atoms with van der Waals surface area (Å²) >= 11 is 5.97. The number of rotatable bonds is 8. The van der Waals surface area contributed by atoms with Gasteiger partial charge >= 0.3 is 0 Å². The summed E-state index contributed by atoms with van der Waals surface area (Å²) in [5, 5.41) is 13.7. The molecule has 0 aliphatic rings. The summed E-state index contributed by atoms with van der Waals surface area (Å²) in [6.07, 6.45) is 0.615. The molecule has 172 valence electrons. The summed E-state index contributed by atoms with van der Waals surface area (Å²) in [6.45, 7) is 0.267. The van der Waals surface area contributed by atoms with Crippen molar-refractivity contribution < 1.29 is 14.6 Å². The second-order valence-corrected chi connectivity index (χ2v) is 8.13. The molecule has 0 aliphatic heterocycles. The Labute approximate surface area is 202 Å². The van der Waals surface area contributed by atoms with Crippen molar-refractivity contribution in [3.8, 4) is 5.75 Å². The smallest absolute Gasteiger partial charge is 0.252 e. The van der Waals surface area contributed by atoms with Crippen LogP contribution in [0.15, 0.2) is 84.9 Å². The molecule has 1 aromatic heterocycles. The highest BCUT2D eigenvalue weighted by Crippen LogP contribution is 2.23. The molecule has 4 rings (SSSR count). The second-order valence-electron chi connectivity index (χ2n) is 7.70. The number of nitrogens with zero attached hydrogens (tertiary/aromatic N) is 1. The number of halogens is 1. The van der Waals surface area contributed by atoms with E-state index in [0.717, 1.165) is 22.2 Å². The first-order valence-corrected chi connectivity index (χ1v) is 11.1. The molecule has 0 aliphatic carbocycles. The second kappa shape index (κ2) is 10.9. The number of aromatic nitrogens is 1. The highest BCUT2D eigenvalue weighted by molar-refractivity contribution is 6.30. The fourth-order valence-electron chi connectivity index (χ4n) is 3.37. The van der Waals surface area contributed by atoms with Gasteiger partial charge in [-0.05, 0) is 53.6 Å². The van der Waals surface area contributed by atoms with Crippen LogP contribution in [0.5, 0.6) is 5.75 Å². The van der Waals surface area contributed by atoms with E-state index in [-0.39, 0.29) is 12.5 Å². The molecule has 1 amide bonds. The van der Waals surface area contributed by atoms with Crippen LogP contribution in [-0.2, 0) is 11.4 Å². The number of para-hydroxylation sites is 1. The third kappa shape index (κ3) is 6.20. The van der Waals surface area contributed by atoms with Crippen molar-refractivity contribution in [2.75, 3.05) is 6.54 Å². The number of ether oxygens (including phenoxy) is 1. The number of carbonyl (C=O) groups is 1. The standard InChI is InChI=1S/C27H24ClN3O3/c28-21-10-5-18(6-11-21)15-24(27(33)30-16-26(29)32)19-8-13-23(14-9-19)34-17-22-12-7-20-3-1-2-4-25(20)31-22/h1-15,26,32H,16-17,29H2,(H,30,33). The molecule has 0 fully saturated rings. The van der Waals surface area contributed by atoms with Crippen LogP contribution < -0.4 is 15.8 Å². The predicted molar refractivity (Wildman–Crippen MR) is 135 cm³/mol. The molecular weight excluding hydrogens is 450 g/mol. The maximum atomic E-state index is 12.8. The number of pyridine rings is 1. The van der Waals surface area contributed by atoms with Gasteiger partial charge in [-0.1, -0.05) is 60.1 Å². The number of carbonyl (C=O) groups excluding carboxylic acids is 1. The maximum Gasteiger partial charge on any atom is 0.252 e. The summed E-state index contributed by atoms with van der Waals surface area (Å²) in [5.41, 5.74) is 9.03. The zero-order chi connectivity index (χ0) is 23.9. The van der Waals surface area contributed by atoms with Gasteiger partial charge < -0.3 is 20.9 Å². The molecule has 0 bridgehead atoms. The van der Waals surface area contributed by atoms with E-state index in [1.54, 1.807) is 30.3 Å². The molecule has 1 unspecified atom stereocenters. The van der Waals surface area contributed by atoms with Crippen LogP contribution >= 0.6 is 11.6 Å². The lowest BCUT2D eigenvalue weighted by Crippen LogP contribution is -2.37. The zero-order valence-electron chi connectivity index (χ0n) is 18.3. The van der Waals surface area contributed by atoms with E-state index < -0.39 is 6.23 Å². The largest absolute Gasteiger partial charge is 0.487 e. The van der Waals surface area contributed by atoms with Crippen LogP contribution in [0.3, 0.4) is 0 Å². The predicted octanol–water partition coefficient (Wildman–Crippen LogP) is 4.40. The molecule has 0 saturated carbocycles. The maximum absolute atomic E-state index is 12.8. The Hall–Kier alpha value is -3.71. The molecule has 4 N–H and O–H groups in total. The number of hydrogen-bond donors (Lipinski definition) is 3. The van der Waals surface area contributed by atoms with Gasteiger partial charge in [0.15, 0.2) is 0 Å². The Morgan fingerprint density at radius 3 is 2.50 bits per heavy atom. The first kappa shape index (κ1) is 23.4. The van der Waals surface area contributed by atoms with Gasteiger partial charge in [0.1, 0.15) is 18.6 Å². The van der Waals surface area contributed by atoms with Crippen LogP contribution in [0.1, 0.15) is 16.8 Å². The van der Waals surface area contributed by atoms with Crippen molar-refractivity contribution in [1.82, 2.24) is 10.3 Å². The van der Waals surface area contributed by atoms with E-state index in [0.29, 0.717) is 28.5 Å². The van der Waals surface area contributed by atoms with Crippen molar-refractivity contribution in [3.63, 3.8) is 0 Å². The van der Waals surface area contributed by atoms with Crippen LogP contribution in [0.2, 0.25) is 5.02 Å². The molecule has 0 saturated heterocycles. The van der Waals surface area contributed by atoms with Crippen LogP contribution in [0.4, 0.5) is 0 Å². The molecule has 7 heteroatoms. The van der Waals surface area contributed by atoms with Gasteiger partial charge in [0.25, 0.3) is 5.91 Å². The lowest BCUT2D eigenvalue weighted by molar-refractivity contribution is -0.116. The van der Waals surface area contributed by atoms with Crippen molar-refractivity contribution >= 4 is 40.1 Å². The molecule has 0 radical (unpaired) electrons. The summed E-state index contributed by atoms with van der Waals surface area (Å²) in [5.74, 6) is 0.302. The molecule has 1 heterocycles. The molecule has 1 atom stereocenters. The molecule has 6 nitrogen and oxygen atoms in total. The first-order chi connectivity index (χ1) is 16.5. The van der Waals surface area contributed by atoms with Crippen molar-refractivity contribution in [3.05, 3.63) is 107 Å². The Kier molecular flexibility index (Phi) is 7.54. The lowest BCUT2D eigenvalue weighted by Gasteiger charge is -2.12.